The molecule has 13 rings (SSSR count). The lowest BCUT2D eigenvalue weighted by molar-refractivity contribution is -0.132. The summed E-state index contributed by atoms with van der Waals surface area (Å²) in [6.45, 7) is 2.77. The first-order valence-corrected chi connectivity index (χ1v) is 25.0. The molecule has 9 heterocycles. The molecular weight excluding hydrogens is 845 g/mol. The molecule has 5 aliphatic rings. The topological polar surface area (TPSA) is 106 Å². The van der Waals surface area contributed by atoms with Crippen molar-refractivity contribution in [3.8, 4) is 22.3 Å². The van der Waals surface area contributed by atoms with E-state index in [9.17, 15) is 9.59 Å². The van der Waals surface area contributed by atoms with Gasteiger partial charge in [-0.2, -0.15) is 10.2 Å². The zero-order chi connectivity index (χ0) is 45.6. The predicted octanol–water partition coefficient (Wildman–Crippen LogP) is 10.5. The number of carbonyl (C=O) groups is 2. The van der Waals surface area contributed by atoms with Crippen LogP contribution in [0.15, 0.2) is 146 Å². The van der Waals surface area contributed by atoms with Crippen LogP contribution in [0.1, 0.15) is 75.1 Å². The number of amides is 2. The first-order chi connectivity index (χ1) is 33.5. The number of H-pyrrole nitrogens is 1. The number of aromatic amines is 1. The lowest BCUT2D eigenvalue weighted by Crippen LogP contribution is -2.38. The second-order valence-corrected chi connectivity index (χ2v) is 20.0. The van der Waals surface area contributed by atoms with Crippen LogP contribution in [0.25, 0.3) is 44.1 Å². The Morgan fingerprint density at radius 2 is 1.18 bits per heavy atom. The zero-order valence-electron chi connectivity index (χ0n) is 38.7. The molecule has 5 fully saturated rings. The van der Waals surface area contributed by atoms with E-state index in [0.29, 0.717) is 60.7 Å². The van der Waals surface area contributed by atoms with Crippen LogP contribution in [0.2, 0.25) is 0 Å². The van der Waals surface area contributed by atoms with Crippen molar-refractivity contribution in [1.29, 1.82) is 0 Å². The number of fused-ring (bicyclic) bond motifs is 6. The van der Waals surface area contributed by atoms with E-state index in [1.165, 1.54) is 39.4 Å². The van der Waals surface area contributed by atoms with E-state index in [0.717, 1.165) is 93.3 Å². The van der Waals surface area contributed by atoms with E-state index < -0.39 is 0 Å². The minimum Gasteiger partial charge on any atom is -0.357 e. The van der Waals surface area contributed by atoms with Crippen LogP contribution in [0.3, 0.4) is 0 Å². The largest absolute Gasteiger partial charge is 0.357 e. The molecule has 0 aliphatic carbocycles. The van der Waals surface area contributed by atoms with E-state index in [-0.39, 0.29) is 6.23 Å². The molecule has 346 valence electrons. The highest BCUT2D eigenvalue weighted by Crippen LogP contribution is 2.45. The van der Waals surface area contributed by atoms with Crippen LogP contribution >= 0.6 is 0 Å². The average molecular weight is 905 g/mol. The number of hydrogen-bond donors (Lipinski definition) is 1. The summed E-state index contributed by atoms with van der Waals surface area (Å²) < 4.78 is 12.6. The molecule has 1 N–H and O–H groups in total. The van der Waals surface area contributed by atoms with Crippen molar-refractivity contribution >= 4 is 33.6 Å². The maximum atomic E-state index is 13.2. The van der Waals surface area contributed by atoms with E-state index >= 15 is 0 Å². The second kappa shape index (κ2) is 18.4. The summed E-state index contributed by atoms with van der Waals surface area (Å²) in [4.78, 5) is 30.8. The van der Waals surface area contributed by atoms with Crippen LogP contribution in [-0.2, 0) is 40.3 Å². The Labute approximate surface area is 397 Å². The summed E-state index contributed by atoms with van der Waals surface area (Å²) in [6, 6.07) is 39.6. The molecule has 5 aliphatic heterocycles. The first-order valence-electron chi connectivity index (χ1n) is 25.0. The summed E-state index contributed by atoms with van der Waals surface area (Å²) in [7, 11) is 0. The number of rotatable bonds is 11. The minimum absolute atomic E-state index is 0.0631. The van der Waals surface area contributed by atoms with E-state index in [4.69, 9.17) is 4.74 Å². The molecule has 0 spiro atoms. The van der Waals surface area contributed by atoms with Gasteiger partial charge in [0.25, 0.3) is 0 Å². The van der Waals surface area contributed by atoms with E-state index in [2.05, 4.69) is 126 Å². The Kier molecular flexibility index (Phi) is 11.5. The summed E-state index contributed by atoms with van der Waals surface area (Å²) in [5.74, 6) is 1.63. The maximum Gasteiger partial charge on any atom is 0.227 e. The normalized spacial score (nSPS) is 24.0. The SMILES string of the molecule is O=C(Cc1ccccc1)N1C2CCC1C(Cn1ccc3cc(-c4cn[nH]c4)ccc31)C2.O=C(Cc1ccccc1)N1C2CCC1C(Cn1ccc3cc(-c4cnn(C5CCCCO5)c4)ccc31)C2. The van der Waals surface area contributed by atoms with Crippen molar-refractivity contribution in [2.45, 2.75) is 114 Å². The van der Waals surface area contributed by atoms with Gasteiger partial charge in [0.1, 0.15) is 6.23 Å². The molecule has 4 aromatic heterocycles. The lowest BCUT2D eigenvalue weighted by atomic mass is 9.89. The van der Waals surface area contributed by atoms with Crippen LogP contribution < -0.4 is 0 Å². The third-order valence-corrected chi connectivity index (χ3v) is 15.9. The molecule has 5 saturated heterocycles. The van der Waals surface area contributed by atoms with Gasteiger partial charge in [-0.15, -0.1) is 0 Å². The van der Waals surface area contributed by atoms with Crippen molar-refractivity contribution in [2.24, 2.45) is 11.8 Å². The highest BCUT2D eigenvalue weighted by atomic mass is 16.5. The van der Waals surface area contributed by atoms with Gasteiger partial charge in [0.2, 0.25) is 11.8 Å². The Morgan fingerprint density at radius 3 is 1.71 bits per heavy atom. The fraction of sp³-hybridized carbons (Fsp3) is 0.368. The minimum atomic E-state index is 0.0631. The van der Waals surface area contributed by atoms with Crippen molar-refractivity contribution in [3.05, 3.63) is 158 Å². The number of ether oxygens (including phenoxy) is 1. The third kappa shape index (κ3) is 8.35. The van der Waals surface area contributed by atoms with Gasteiger partial charge >= 0.3 is 0 Å². The van der Waals surface area contributed by atoms with E-state index in [1.54, 1.807) is 0 Å². The van der Waals surface area contributed by atoms with Gasteiger partial charge < -0.3 is 23.7 Å². The smallest absolute Gasteiger partial charge is 0.227 e. The van der Waals surface area contributed by atoms with E-state index in [1.807, 2.05) is 59.7 Å². The number of nitrogens with one attached hydrogen (secondary N) is 1. The summed E-state index contributed by atoms with van der Waals surface area (Å²) in [6.07, 6.45) is 23.5. The highest BCUT2D eigenvalue weighted by molar-refractivity contribution is 5.87. The molecule has 0 saturated carbocycles. The van der Waals surface area contributed by atoms with Gasteiger partial charge in [0.05, 0.1) is 25.2 Å². The quantitative estimate of drug-likeness (QED) is 0.139. The molecular formula is C57H60N8O3. The van der Waals surface area contributed by atoms with Gasteiger partial charge in [0.15, 0.2) is 0 Å². The van der Waals surface area contributed by atoms with Gasteiger partial charge in [-0.25, -0.2) is 4.68 Å². The third-order valence-electron chi connectivity index (χ3n) is 15.9. The van der Waals surface area contributed by atoms with Gasteiger partial charge in [-0.1, -0.05) is 72.8 Å². The lowest BCUT2D eigenvalue weighted by Gasteiger charge is -2.25. The summed E-state index contributed by atoms with van der Waals surface area (Å²) in [5, 5.41) is 14.0. The van der Waals surface area contributed by atoms with Crippen molar-refractivity contribution in [2.75, 3.05) is 6.61 Å². The summed E-state index contributed by atoms with van der Waals surface area (Å²) in [5.41, 5.74) is 9.34. The predicted molar refractivity (Wildman–Crippen MR) is 265 cm³/mol. The van der Waals surface area contributed by atoms with Crippen molar-refractivity contribution in [3.63, 3.8) is 0 Å². The highest BCUT2D eigenvalue weighted by Gasteiger charge is 2.49. The molecule has 4 aromatic carbocycles. The number of carbonyl (C=O) groups excluding carboxylic acids is 2. The zero-order valence-corrected chi connectivity index (χ0v) is 38.7. The van der Waals surface area contributed by atoms with Gasteiger partial charge in [-0.3, -0.25) is 14.7 Å². The van der Waals surface area contributed by atoms with Crippen LogP contribution in [0, 0.1) is 11.8 Å². The first kappa shape index (κ1) is 42.6. The monoisotopic (exact) mass is 904 g/mol. The number of benzene rings is 4. The second-order valence-electron chi connectivity index (χ2n) is 20.0. The van der Waals surface area contributed by atoms with Crippen LogP contribution in [-0.4, -0.2) is 81.5 Å². The Bertz CT molecular complexity index is 3020. The number of nitrogens with zero attached hydrogens (tertiary/aromatic N) is 7. The standard InChI is InChI=1S/C31H34N4O2.C26H26N4O/c36-30(16-22-6-2-1-3-7-22)35-27-10-12-29(35)25(18-27)20-33-14-13-24-17-23(9-11-28(24)33)26-19-32-34(21-26)31-8-4-5-15-37-31;31-26(12-18-4-2-1-3-5-18)30-23-7-9-25(30)21(14-23)17-29-11-10-20-13-19(6-8-24(20)29)22-15-27-28-16-22/h1-3,6-7,9,11,13-14,17,19,21,25,27,29,31H,4-5,8,10,12,15-16,18,20H2;1-6,8,10-11,13,15-16,21,23,25H,7,9,12,14,17H2,(H,27,28). The fourth-order valence-electron chi connectivity index (χ4n) is 12.7. The van der Waals surface area contributed by atoms with Gasteiger partial charge in [-0.05, 0) is 128 Å². The van der Waals surface area contributed by atoms with Crippen LogP contribution in [0.5, 0.6) is 0 Å². The van der Waals surface area contributed by atoms with Crippen molar-refractivity contribution in [1.82, 2.24) is 38.9 Å². The molecule has 8 aromatic rings. The molecule has 7 atom stereocenters. The molecule has 0 radical (unpaired) electrons. The molecule has 11 heteroatoms. The van der Waals surface area contributed by atoms with Crippen molar-refractivity contribution < 1.29 is 14.3 Å². The summed E-state index contributed by atoms with van der Waals surface area (Å²) >= 11 is 0. The Balaban J connectivity index is 0.000000143. The molecule has 11 nitrogen and oxygen atoms in total. The number of hydrogen-bond acceptors (Lipinski definition) is 5. The molecule has 68 heavy (non-hydrogen) atoms. The fourth-order valence-corrected chi connectivity index (χ4v) is 12.7. The maximum absolute atomic E-state index is 13.2. The van der Waals surface area contributed by atoms with Crippen LogP contribution in [0.4, 0.5) is 0 Å². The van der Waals surface area contributed by atoms with Gasteiger partial charge in [0, 0.05) is 102 Å². The molecule has 2 amide bonds. The number of aromatic nitrogens is 6. The Morgan fingerprint density at radius 1 is 0.603 bits per heavy atom. The molecule has 7 unspecified atom stereocenters. The molecule has 4 bridgehead atoms. The average Bonchev–Trinajstić information content (AvgIpc) is 4.25. The Hall–Kier alpha value is -6.72.